The van der Waals surface area contributed by atoms with Crippen LogP contribution >= 0.6 is 35.6 Å². The van der Waals surface area contributed by atoms with Gasteiger partial charge in [-0.25, -0.2) is 4.39 Å². The average molecular weight is 478 g/mol. The SMILES string of the molecule is CN=C(NCc1cccc(Cl)c1)NCC(OC)c1ccc(F)cc1.I. The van der Waals surface area contributed by atoms with Gasteiger partial charge < -0.3 is 15.4 Å². The zero-order chi connectivity index (χ0) is 17.4. The summed E-state index contributed by atoms with van der Waals surface area (Å²) in [7, 11) is 3.32. The van der Waals surface area contributed by atoms with Gasteiger partial charge in [0.15, 0.2) is 5.96 Å². The number of hydrogen-bond acceptors (Lipinski definition) is 2. The van der Waals surface area contributed by atoms with Crippen molar-refractivity contribution in [1.82, 2.24) is 10.6 Å². The predicted molar refractivity (Wildman–Crippen MR) is 111 cm³/mol. The van der Waals surface area contributed by atoms with Crippen LogP contribution in [0.25, 0.3) is 0 Å². The molecule has 0 saturated heterocycles. The molecule has 2 rings (SSSR count). The first-order valence-electron chi connectivity index (χ1n) is 7.59. The molecule has 2 aromatic rings. The van der Waals surface area contributed by atoms with Crippen LogP contribution in [0.15, 0.2) is 53.5 Å². The molecule has 2 aromatic carbocycles. The van der Waals surface area contributed by atoms with Crippen LogP contribution in [0.3, 0.4) is 0 Å². The average Bonchev–Trinajstić information content (AvgIpc) is 2.59. The molecule has 0 fully saturated rings. The van der Waals surface area contributed by atoms with Crippen molar-refractivity contribution in [2.75, 3.05) is 20.7 Å². The Labute approximate surface area is 169 Å². The Kier molecular flexibility index (Phi) is 9.77. The van der Waals surface area contributed by atoms with Crippen LogP contribution in [0, 0.1) is 5.82 Å². The third kappa shape index (κ3) is 7.17. The molecule has 0 aromatic heterocycles. The smallest absolute Gasteiger partial charge is 0.191 e. The fraction of sp³-hybridized carbons (Fsp3) is 0.278. The molecular formula is C18H22ClFIN3O. The van der Waals surface area contributed by atoms with Crippen molar-refractivity contribution in [3.8, 4) is 0 Å². The molecule has 0 aliphatic rings. The molecule has 7 heteroatoms. The second-order valence-corrected chi connectivity index (χ2v) is 5.65. The molecule has 0 aliphatic carbocycles. The van der Waals surface area contributed by atoms with Gasteiger partial charge in [-0.15, -0.1) is 24.0 Å². The summed E-state index contributed by atoms with van der Waals surface area (Å²) in [6, 6.07) is 13.9. The second kappa shape index (κ2) is 11.3. The summed E-state index contributed by atoms with van der Waals surface area (Å²) in [6.07, 6.45) is -0.199. The Morgan fingerprint density at radius 1 is 1.20 bits per heavy atom. The third-order valence-electron chi connectivity index (χ3n) is 3.55. The topological polar surface area (TPSA) is 45.7 Å². The van der Waals surface area contributed by atoms with Gasteiger partial charge in [0.1, 0.15) is 5.82 Å². The zero-order valence-electron chi connectivity index (χ0n) is 14.1. The van der Waals surface area contributed by atoms with Crippen molar-refractivity contribution in [3.63, 3.8) is 0 Å². The number of guanidine groups is 1. The minimum atomic E-state index is -0.263. The number of hydrogen-bond donors (Lipinski definition) is 2. The van der Waals surface area contributed by atoms with Crippen LogP contribution in [-0.4, -0.2) is 26.7 Å². The van der Waals surface area contributed by atoms with Gasteiger partial charge in [0, 0.05) is 32.3 Å². The lowest BCUT2D eigenvalue weighted by Gasteiger charge is -2.19. The van der Waals surface area contributed by atoms with E-state index in [0.717, 1.165) is 11.1 Å². The number of benzene rings is 2. The highest BCUT2D eigenvalue weighted by atomic mass is 127. The number of methoxy groups -OCH3 is 1. The van der Waals surface area contributed by atoms with Crippen molar-refractivity contribution in [3.05, 3.63) is 70.5 Å². The van der Waals surface area contributed by atoms with Crippen LogP contribution in [0.5, 0.6) is 0 Å². The molecule has 0 heterocycles. The normalized spacial score (nSPS) is 12.2. The van der Waals surface area contributed by atoms with Crippen LogP contribution in [-0.2, 0) is 11.3 Å². The molecule has 0 amide bonds. The second-order valence-electron chi connectivity index (χ2n) is 5.21. The van der Waals surface area contributed by atoms with E-state index in [-0.39, 0.29) is 35.9 Å². The van der Waals surface area contributed by atoms with E-state index in [0.29, 0.717) is 24.1 Å². The molecule has 0 saturated carbocycles. The monoisotopic (exact) mass is 477 g/mol. The van der Waals surface area contributed by atoms with Gasteiger partial charge in [-0.05, 0) is 35.4 Å². The Morgan fingerprint density at radius 2 is 1.92 bits per heavy atom. The Bertz CT molecular complexity index is 682. The summed E-state index contributed by atoms with van der Waals surface area (Å²) in [4.78, 5) is 4.19. The largest absolute Gasteiger partial charge is 0.375 e. The Hall–Kier alpha value is -1.38. The van der Waals surface area contributed by atoms with E-state index >= 15 is 0 Å². The van der Waals surface area contributed by atoms with E-state index in [1.165, 1.54) is 12.1 Å². The fourth-order valence-electron chi connectivity index (χ4n) is 2.26. The minimum Gasteiger partial charge on any atom is -0.375 e. The van der Waals surface area contributed by atoms with Crippen LogP contribution in [0.2, 0.25) is 5.02 Å². The molecule has 4 nitrogen and oxygen atoms in total. The molecule has 25 heavy (non-hydrogen) atoms. The van der Waals surface area contributed by atoms with Crippen molar-refractivity contribution in [2.45, 2.75) is 12.6 Å². The number of nitrogens with one attached hydrogen (secondary N) is 2. The number of halogens is 3. The molecule has 0 aliphatic heterocycles. The maximum Gasteiger partial charge on any atom is 0.191 e. The first kappa shape index (κ1) is 21.7. The van der Waals surface area contributed by atoms with Gasteiger partial charge in [0.2, 0.25) is 0 Å². The van der Waals surface area contributed by atoms with Gasteiger partial charge in [0.05, 0.1) is 6.10 Å². The van der Waals surface area contributed by atoms with E-state index in [1.807, 2.05) is 24.3 Å². The minimum absolute atomic E-state index is 0. The number of aliphatic imine (C=N–C) groups is 1. The fourth-order valence-corrected chi connectivity index (χ4v) is 2.47. The highest BCUT2D eigenvalue weighted by Crippen LogP contribution is 2.16. The number of ether oxygens (including phenoxy) is 1. The van der Waals surface area contributed by atoms with Gasteiger partial charge in [-0.2, -0.15) is 0 Å². The van der Waals surface area contributed by atoms with E-state index in [1.54, 1.807) is 26.3 Å². The molecule has 2 N–H and O–H groups in total. The number of rotatable bonds is 6. The van der Waals surface area contributed by atoms with E-state index in [4.69, 9.17) is 16.3 Å². The van der Waals surface area contributed by atoms with E-state index in [9.17, 15) is 4.39 Å². The molecule has 0 spiro atoms. The van der Waals surface area contributed by atoms with Gasteiger partial charge in [0.25, 0.3) is 0 Å². The molecule has 1 unspecified atom stereocenters. The maximum absolute atomic E-state index is 13.0. The van der Waals surface area contributed by atoms with Gasteiger partial charge in [-0.3, -0.25) is 4.99 Å². The Balaban J connectivity index is 0.00000312. The van der Waals surface area contributed by atoms with Crippen LogP contribution in [0.1, 0.15) is 17.2 Å². The number of nitrogens with zero attached hydrogens (tertiary/aromatic N) is 1. The van der Waals surface area contributed by atoms with Crippen molar-refractivity contribution in [1.29, 1.82) is 0 Å². The quantitative estimate of drug-likeness (QED) is 0.373. The van der Waals surface area contributed by atoms with E-state index in [2.05, 4.69) is 15.6 Å². The first-order chi connectivity index (χ1) is 11.6. The zero-order valence-corrected chi connectivity index (χ0v) is 17.2. The molecule has 0 radical (unpaired) electrons. The van der Waals surface area contributed by atoms with Crippen molar-refractivity contribution in [2.24, 2.45) is 4.99 Å². The first-order valence-corrected chi connectivity index (χ1v) is 7.97. The highest BCUT2D eigenvalue weighted by molar-refractivity contribution is 14.0. The van der Waals surface area contributed by atoms with Crippen LogP contribution < -0.4 is 10.6 Å². The summed E-state index contributed by atoms with van der Waals surface area (Å²) in [6.45, 7) is 1.12. The van der Waals surface area contributed by atoms with Gasteiger partial charge >= 0.3 is 0 Å². The highest BCUT2D eigenvalue weighted by Gasteiger charge is 2.11. The Morgan fingerprint density at radius 3 is 2.52 bits per heavy atom. The lowest BCUT2D eigenvalue weighted by atomic mass is 10.1. The summed E-state index contributed by atoms with van der Waals surface area (Å²) >= 11 is 5.98. The summed E-state index contributed by atoms with van der Waals surface area (Å²) in [5, 5.41) is 7.13. The standard InChI is InChI=1S/C18H21ClFN3O.HI/c1-21-18(22-11-13-4-3-5-15(19)10-13)23-12-17(24-2)14-6-8-16(20)9-7-14;/h3-10,17H,11-12H2,1-2H3,(H2,21,22,23);1H. The van der Waals surface area contributed by atoms with Gasteiger partial charge in [-0.1, -0.05) is 35.9 Å². The summed E-state index contributed by atoms with van der Waals surface area (Å²) in [5.74, 6) is 0.389. The summed E-state index contributed by atoms with van der Waals surface area (Å²) < 4.78 is 18.5. The predicted octanol–water partition coefficient (Wildman–Crippen LogP) is 4.15. The summed E-state index contributed by atoms with van der Waals surface area (Å²) in [5.41, 5.74) is 1.96. The van der Waals surface area contributed by atoms with Crippen LogP contribution in [0.4, 0.5) is 4.39 Å². The third-order valence-corrected chi connectivity index (χ3v) is 3.79. The van der Waals surface area contributed by atoms with E-state index < -0.39 is 0 Å². The maximum atomic E-state index is 13.0. The van der Waals surface area contributed by atoms with Crippen molar-refractivity contribution >= 4 is 41.5 Å². The lowest BCUT2D eigenvalue weighted by Crippen LogP contribution is -2.39. The van der Waals surface area contributed by atoms with Crippen molar-refractivity contribution < 1.29 is 9.13 Å². The lowest BCUT2D eigenvalue weighted by molar-refractivity contribution is 0.106. The molecule has 1 atom stereocenters. The molecule has 0 bridgehead atoms. The molecular weight excluding hydrogens is 456 g/mol. The molecule has 136 valence electrons.